The third kappa shape index (κ3) is 5.88. The number of nitrogens with zero attached hydrogens (tertiary/aromatic N) is 2. The van der Waals surface area contributed by atoms with Gasteiger partial charge in [0.25, 0.3) is 0 Å². The summed E-state index contributed by atoms with van der Waals surface area (Å²) in [5, 5.41) is 0.0981. The summed E-state index contributed by atoms with van der Waals surface area (Å²) < 4.78 is 76.9. The van der Waals surface area contributed by atoms with Crippen LogP contribution in [0.5, 0.6) is 0 Å². The average Bonchev–Trinajstić information content (AvgIpc) is 3.80. The van der Waals surface area contributed by atoms with Crippen molar-refractivity contribution in [2.24, 2.45) is 0 Å². The number of aromatic nitrogens is 1. The van der Waals surface area contributed by atoms with Crippen LogP contribution in [0.2, 0.25) is 0 Å². The van der Waals surface area contributed by atoms with Crippen molar-refractivity contribution in [2.45, 2.75) is 0 Å². The van der Waals surface area contributed by atoms with Crippen LogP contribution < -0.4 is 30.2 Å². The summed E-state index contributed by atoms with van der Waals surface area (Å²) in [5.41, 5.74) is 15.4. The van der Waals surface area contributed by atoms with Gasteiger partial charge in [-0.1, -0.05) is 0 Å². The molecule has 0 atom stereocenters. The Bertz CT molecular complexity index is 3920. The molecule has 10 aromatic carbocycles. The Kier molecular flexibility index (Phi) is 6.96. The Morgan fingerprint density at radius 2 is 0.922 bits per heavy atom. The van der Waals surface area contributed by atoms with Gasteiger partial charge in [-0.05, 0) is 0 Å². The van der Waals surface area contributed by atoms with Crippen molar-refractivity contribution in [1.29, 1.82) is 0 Å². The van der Waals surface area contributed by atoms with Gasteiger partial charge in [-0.15, -0.1) is 0 Å². The zero-order chi connectivity index (χ0) is 49.1. The molecule has 64 heavy (non-hydrogen) atoms. The fourth-order valence-electron chi connectivity index (χ4n) is 9.90. The first-order chi connectivity index (χ1) is 35.1. The van der Waals surface area contributed by atoms with Crippen molar-refractivity contribution in [3.05, 3.63) is 236 Å². The molecule has 298 valence electrons. The molecule has 0 amide bonds. The van der Waals surface area contributed by atoms with Gasteiger partial charge in [-0.3, -0.25) is 0 Å². The minimum absolute atomic E-state index is 0.0490. The Hall–Kier alpha value is -7.62. The van der Waals surface area contributed by atoms with Crippen LogP contribution in [0, 0.1) is 0 Å². The second kappa shape index (κ2) is 15.0. The van der Waals surface area contributed by atoms with E-state index >= 15 is 0 Å². The maximum atomic E-state index is 9.49. The summed E-state index contributed by atoms with van der Waals surface area (Å²) in [4.78, 5) is 2.38. The van der Waals surface area contributed by atoms with Gasteiger partial charge in [-0.25, -0.2) is 0 Å². The molecule has 0 aliphatic carbocycles. The third-order valence-corrected chi connectivity index (χ3v) is 15.1. The molecule has 2 aliphatic rings. The molecule has 4 heteroatoms. The van der Waals surface area contributed by atoms with E-state index in [0.29, 0.717) is 5.69 Å². The third-order valence-electron chi connectivity index (χ3n) is 12.7. The van der Waals surface area contributed by atoms with E-state index in [1.54, 1.807) is 4.57 Å². The first kappa shape index (κ1) is 29.6. The number of anilines is 3. The molecule has 2 aliphatic heterocycles. The van der Waals surface area contributed by atoms with Crippen molar-refractivity contribution < 1.29 is 11.0 Å². The quantitative estimate of drug-likeness (QED) is 0.151. The maximum absolute atomic E-state index is 9.49. The Morgan fingerprint density at radius 3 is 1.50 bits per heavy atom. The number of benzene rings is 10. The van der Waals surface area contributed by atoms with Crippen LogP contribution in [0.3, 0.4) is 0 Å². The SMILES string of the molecule is [2H]c1c([2H])c([2H])c2c(c1[2H])c1c([2H])c([2H])c([2H])c([2H])c1n2-c1cc2c3c(c1)N(c1c(-c4ccccc4)cccc1-c1ccccc1)c1ccc(-c4ccccc4)cc1B3c1cc(-c3ccccc3)ccc1[Se]2. The van der Waals surface area contributed by atoms with E-state index < -0.39 is 24.2 Å². The zero-order valence-corrected chi connectivity index (χ0v) is 36.0. The predicted octanol–water partition coefficient (Wildman–Crippen LogP) is 11.7. The van der Waals surface area contributed by atoms with Crippen molar-refractivity contribution >= 4 is 85.8 Å². The van der Waals surface area contributed by atoms with Crippen molar-refractivity contribution in [3.63, 3.8) is 0 Å². The van der Waals surface area contributed by atoms with E-state index in [4.69, 9.17) is 5.48 Å². The molecule has 0 N–H and O–H groups in total. The number of hydrogen-bond acceptors (Lipinski definition) is 1. The van der Waals surface area contributed by atoms with Crippen LogP contribution in [-0.4, -0.2) is 26.2 Å². The molecule has 0 spiro atoms. The zero-order valence-electron chi connectivity index (χ0n) is 42.3. The molecule has 0 unspecified atom stereocenters. The van der Waals surface area contributed by atoms with Crippen molar-refractivity contribution in [2.75, 3.05) is 4.90 Å². The summed E-state index contributed by atoms with van der Waals surface area (Å²) in [6.45, 7) is -0.245. The molecule has 0 radical (unpaired) electrons. The van der Waals surface area contributed by atoms with Crippen LogP contribution in [0.15, 0.2) is 236 Å². The van der Waals surface area contributed by atoms with Crippen molar-refractivity contribution in [3.8, 4) is 50.2 Å². The van der Waals surface area contributed by atoms with Gasteiger partial charge >= 0.3 is 393 Å². The summed E-state index contributed by atoms with van der Waals surface area (Å²) in [6, 6.07) is 62.7. The van der Waals surface area contributed by atoms with Crippen molar-refractivity contribution in [1.82, 2.24) is 4.57 Å². The standard InChI is InChI=1S/C60H39BN2Se/c1-5-18-40(19-6-1)44-32-34-55-51(36-44)61-52-37-45(41-20-7-2-8-21-41)33-35-57(52)64-58-39-46(62-53-30-15-13-26-49(53)50-27-14-16-31-54(50)62)38-56(59(58)61)63(55)60-47(42-22-9-3-10-23-42)28-17-29-48(60)43-24-11-4-12-25-43/h1-39H/i13D,14D,15D,16D,26D,27D,30D,31D. The number of para-hydroxylation sites is 3. The second-order valence-electron chi connectivity index (χ2n) is 16.2. The Morgan fingerprint density at radius 1 is 0.406 bits per heavy atom. The van der Waals surface area contributed by atoms with E-state index in [-0.39, 0.29) is 67.6 Å². The van der Waals surface area contributed by atoms with Crippen LogP contribution in [0.25, 0.3) is 72.0 Å². The normalized spacial score (nSPS) is 14.3. The van der Waals surface area contributed by atoms with Gasteiger partial charge < -0.3 is 0 Å². The fraction of sp³-hybridized carbons (Fsp3) is 0. The first-order valence-electron chi connectivity index (χ1n) is 25.4. The van der Waals surface area contributed by atoms with Gasteiger partial charge in [0.1, 0.15) is 0 Å². The van der Waals surface area contributed by atoms with E-state index in [2.05, 4.69) is 169 Å². The van der Waals surface area contributed by atoms with E-state index in [1.165, 1.54) is 9.92 Å². The molecule has 11 aromatic rings. The molecule has 1 aromatic heterocycles. The minimum atomic E-state index is -0.472. The summed E-state index contributed by atoms with van der Waals surface area (Å²) in [5.74, 6) is 0. The fourth-order valence-corrected chi connectivity index (χ4v) is 12.4. The first-order valence-corrected chi connectivity index (χ1v) is 23.1. The molecule has 0 saturated carbocycles. The van der Waals surface area contributed by atoms with Crippen LogP contribution in [-0.2, 0) is 0 Å². The molecule has 0 saturated heterocycles. The summed E-state index contributed by atoms with van der Waals surface area (Å²) in [6.07, 6.45) is 0. The number of rotatable bonds is 6. The van der Waals surface area contributed by atoms with Crippen LogP contribution >= 0.6 is 0 Å². The molecule has 0 bridgehead atoms. The molecule has 3 heterocycles. The summed E-state index contributed by atoms with van der Waals surface area (Å²) in [7, 11) is 0. The van der Waals surface area contributed by atoms with Gasteiger partial charge in [0.2, 0.25) is 0 Å². The molecular weight excluding hydrogens is 838 g/mol. The molecule has 13 rings (SSSR count). The van der Waals surface area contributed by atoms with E-state index in [0.717, 1.165) is 77.0 Å². The number of fused-ring (bicyclic) bond motifs is 7. The van der Waals surface area contributed by atoms with Gasteiger partial charge in [0.05, 0.1) is 0 Å². The van der Waals surface area contributed by atoms with E-state index in [9.17, 15) is 5.48 Å². The average molecular weight is 886 g/mol. The molecule has 0 fully saturated rings. The van der Waals surface area contributed by atoms with E-state index in [1.807, 2.05) is 24.3 Å². The van der Waals surface area contributed by atoms with Gasteiger partial charge in [0, 0.05) is 0 Å². The molecular formula is C60H39BN2Se. The Balaban J connectivity index is 1.21. The Labute approximate surface area is 391 Å². The topological polar surface area (TPSA) is 8.17 Å². The van der Waals surface area contributed by atoms with Gasteiger partial charge in [0.15, 0.2) is 0 Å². The second-order valence-corrected chi connectivity index (χ2v) is 18.5. The van der Waals surface area contributed by atoms with Gasteiger partial charge in [-0.2, -0.15) is 0 Å². The number of hydrogen-bond donors (Lipinski definition) is 0. The predicted molar refractivity (Wildman–Crippen MR) is 273 cm³/mol. The van der Waals surface area contributed by atoms with Crippen LogP contribution in [0.4, 0.5) is 17.1 Å². The molecule has 2 nitrogen and oxygen atoms in total. The summed E-state index contributed by atoms with van der Waals surface area (Å²) >= 11 is -0.306. The monoisotopic (exact) mass is 886 g/mol. The van der Waals surface area contributed by atoms with Crippen LogP contribution in [0.1, 0.15) is 11.0 Å².